The van der Waals surface area contributed by atoms with Gasteiger partial charge in [-0.1, -0.05) is 36.7 Å². The molecule has 3 rings (SSSR count). The lowest BCUT2D eigenvalue weighted by atomic mass is 10.1. The lowest BCUT2D eigenvalue weighted by Gasteiger charge is -2.23. The molecular formula is C22H31Cl3N2O2. The van der Waals surface area contributed by atoms with Crippen LogP contribution in [-0.2, 0) is 13.2 Å². The molecule has 0 saturated carbocycles. The largest absolute Gasteiger partial charge is 0.493 e. The standard InChI is InChI=1S/C22H29ClN2O2.2ClH/c1-3-25-11-5-8-20(25)15-24-14-17-9-10-21(22(13-17)26-2)27-16-18-6-4-7-19(23)12-18;;/h4,6-7,9-10,12-13,20,24H,3,5,8,11,14-16H2,1-2H3;2*1H. The maximum absolute atomic E-state index is 6.03. The Morgan fingerprint density at radius 2 is 1.93 bits per heavy atom. The Balaban J connectivity index is 0.00000210. The van der Waals surface area contributed by atoms with Crippen LogP contribution >= 0.6 is 36.4 Å². The number of hydrogen-bond donors (Lipinski definition) is 1. The lowest BCUT2D eigenvalue weighted by Crippen LogP contribution is -2.37. The fourth-order valence-electron chi connectivity index (χ4n) is 3.65. The molecular weight excluding hydrogens is 431 g/mol. The Morgan fingerprint density at radius 3 is 2.66 bits per heavy atom. The summed E-state index contributed by atoms with van der Waals surface area (Å²) >= 11 is 6.03. The highest BCUT2D eigenvalue weighted by Gasteiger charge is 2.22. The molecule has 1 unspecified atom stereocenters. The highest BCUT2D eigenvalue weighted by Crippen LogP contribution is 2.29. The minimum Gasteiger partial charge on any atom is -0.493 e. The van der Waals surface area contributed by atoms with E-state index >= 15 is 0 Å². The summed E-state index contributed by atoms with van der Waals surface area (Å²) in [7, 11) is 1.68. The predicted octanol–water partition coefficient (Wildman–Crippen LogP) is 5.35. The van der Waals surface area contributed by atoms with Crippen LogP contribution in [0, 0.1) is 0 Å². The molecule has 29 heavy (non-hydrogen) atoms. The first-order valence-corrected chi connectivity index (χ1v) is 10.1. The third-order valence-corrected chi connectivity index (χ3v) is 5.36. The highest BCUT2D eigenvalue weighted by atomic mass is 35.5. The predicted molar refractivity (Wildman–Crippen MR) is 125 cm³/mol. The molecule has 1 N–H and O–H groups in total. The van der Waals surface area contributed by atoms with E-state index in [0.717, 1.165) is 36.7 Å². The summed E-state index contributed by atoms with van der Waals surface area (Å²) in [4.78, 5) is 2.56. The van der Waals surface area contributed by atoms with Gasteiger partial charge in [0.1, 0.15) is 6.61 Å². The van der Waals surface area contributed by atoms with E-state index in [1.54, 1.807) is 7.11 Å². The smallest absolute Gasteiger partial charge is 0.161 e. The van der Waals surface area contributed by atoms with Crippen molar-refractivity contribution in [1.82, 2.24) is 10.2 Å². The number of hydrogen-bond acceptors (Lipinski definition) is 4. The molecule has 1 fully saturated rings. The molecule has 0 aromatic heterocycles. The topological polar surface area (TPSA) is 33.7 Å². The van der Waals surface area contributed by atoms with E-state index in [1.807, 2.05) is 36.4 Å². The van der Waals surface area contributed by atoms with Gasteiger partial charge in [-0.25, -0.2) is 0 Å². The molecule has 1 aliphatic heterocycles. The average Bonchev–Trinajstić information content (AvgIpc) is 3.14. The molecule has 0 amide bonds. The van der Waals surface area contributed by atoms with Gasteiger partial charge in [-0.3, -0.25) is 4.90 Å². The van der Waals surface area contributed by atoms with Crippen molar-refractivity contribution in [3.8, 4) is 11.5 Å². The van der Waals surface area contributed by atoms with E-state index in [4.69, 9.17) is 21.1 Å². The summed E-state index contributed by atoms with van der Waals surface area (Å²) in [5.41, 5.74) is 2.23. The molecule has 0 spiro atoms. The van der Waals surface area contributed by atoms with Gasteiger partial charge < -0.3 is 14.8 Å². The third-order valence-electron chi connectivity index (χ3n) is 5.13. The first-order valence-electron chi connectivity index (χ1n) is 9.68. The average molecular weight is 462 g/mol. The first-order chi connectivity index (χ1) is 13.2. The number of methoxy groups -OCH3 is 1. The summed E-state index contributed by atoms with van der Waals surface area (Å²) in [6, 6.07) is 14.5. The summed E-state index contributed by atoms with van der Waals surface area (Å²) in [6.45, 7) is 6.94. The number of likely N-dealkylation sites (tertiary alicyclic amines) is 1. The summed E-state index contributed by atoms with van der Waals surface area (Å²) in [6.07, 6.45) is 2.60. The fourth-order valence-corrected chi connectivity index (χ4v) is 3.87. The Bertz CT molecular complexity index is 746. The van der Waals surface area contributed by atoms with E-state index in [0.29, 0.717) is 17.7 Å². The van der Waals surface area contributed by atoms with Gasteiger partial charge in [-0.15, -0.1) is 24.8 Å². The summed E-state index contributed by atoms with van der Waals surface area (Å²) < 4.78 is 11.5. The van der Waals surface area contributed by atoms with Crippen molar-refractivity contribution in [3.63, 3.8) is 0 Å². The normalized spacial score (nSPS) is 16.0. The molecule has 162 valence electrons. The van der Waals surface area contributed by atoms with Gasteiger partial charge in [0, 0.05) is 24.2 Å². The van der Waals surface area contributed by atoms with Crippen molar-refractivity contribution in [2.75, 3.05) is 26.7 Å². The Kier molecular flexibility index (Phi) is 11.8. The maximum Gasteiger partial charge on any atom is 0.161 e. The minimum absolute atomic E-state index is 0. The zero-order chi connectivity index (χ0) is 19.1. The van der Waals surface area contributed by atoms with Crippen LogP contribution in [0.3, 0.4) is 0 Å². The van der Waals surface area contributed by atoms with Crippen molar-refractivity contribution < 1.29 is 9.47 Å². The molecule has 0 radical (unpaired) electrons. The van der Waals surface area contributed by atoms with Crippen molar-refractivity contribution in [1.29, 1.82) is 0 Å². The number of rotatable bonds is 9. The fraction of sp³-hybridized carbons (Fsp3) is 0.455. The minimum atomic E-state index is 0. The van der Waals surface area contributed by atoms with E-state index in [9.17, 15) is 0 Å². The zero-order valence-corrected chi connectivity index (χ0v) is 19.4. The van der Waals surface area contributed by atoms with Gasteiger partial charge in [-0.05, 0) is 61.3 Å². The molecule has 1 heterocycles. The Morgan fingerprint density at radius 1 is 1.10 bits per heavy atom. The van der Waals surface area contributed by atoms with Crippen molar-refractivity contribution in [2.45, 2.75) is 39.0 Å². The highest BCUT2D eigenvalue weighted by molar-refractivity contribution is 6.30. The van der Waals surface area contributed by atoms with Crippen molar-refractivity contribution in [2.24, 2.45) is 0 Å². The molecule has 1 aliphatic rings. The van der Waals surface area contributed by atoms with Crippen LogP contribution in [0.5, 0.6) is 11.5 Å². The number of nitrogens with zero attached hydrogens (tertiary/aromatic N) is 1. The quantitative estimate of drug-likeness (QED) is 0.546. The molecule has 1 saturated heterocycles. The van der Waals surface area contributed by atoms with Gasteiger partial charge >= 0.3 is 0 Å². The van der Waals surface area contributed by atoms with Crippen LogP contribution in [0.25, 0.3) is 0 Å². The van der Waals surface area contributed by atoms with Crippen LogP contribution in [0.1, 0.15) is 30.9 Å². The first kappa shape index (κ1) is 25.9. The van der Waals surface area contributed by atoms with Crippen LogP contribution < -0.4 is 14.8 Å². The number of halogens is 3. The molecule has 2 aromatic carbocycles. The van der Waals surface area contributed by atoms with Crippen molar-refractivity contribution >= 4 is 36.4 Å². The second kappa shape index (κ2) is 13.2. The van der Waals surface area contributed by atoms with Gasteiger partial charge in [0.15, 0.2) is 11.5 Å². The van der Waals surface area contributed by atoms with E-state index in [1.165, 1.54) is 24.9 Å². The Labute approximate surface area is 191 Å². The molecule has 2 aromatic rings. The van der Waals surface area contributed by atoms with E-state index in [-0.39, 0.29) is 24.8 Å². The summed E-state index contributed by atoms with van der Waals surface area (Å²) in [5.74, 6) is 1.50. The molecule has 7 heteroatoms. The molecule has 0 bridgehead atoms. The number of likely N-dealkylation sites (N-methyl/N-ethyl adjacent to an activating group) is 1. The number of nitrogens with one attached hydrogen (secondary N) is 1. The Hall–Kier alpha value is -1.17. The zero-order valence-electron chi connectivity index (χ0n) is 17.0. The third kappa shape index (κ3) is 7.54. The van der Waals surface area contributed by atoms with Gasteiger partial charge in [0.25, 0.3) is 0 Å². The number of benzene rings is 2. The van der Waals surface area contributed by atoms with Gasteiger partial charge in [-0.2, -0.15) is 0 Å². The monoisotopic (exact) mass is 460 g/mol. The SMILES string of the molecule is CCN1CCCC1CNCc1ccc(OCc2cccc(Cl)c2)c(OC)c1.Cl.Cl. The molecule has 0 aliphatic carbocycles. The maximum atomic E-state index is 6.03. The number of ether oxygens (including phenoxy) is 2. The molecule has 1 atom stereocenters. The van der Waals surface area contributed by atoms with Crippen LogP contribution in [0.4, 0.5) is 0 Å². The lowest BCUT2D eigenvalue weighted by molar-refractivity contribution is 0.260. The van der Waals surface area contributed by atoms with Gasteiger partial charge in [0.2, 0.25) is 0 Å². The molecule has 4 nitrogen and oxygen atoms in total. The second-order valence-corrected chi connectivity index (χ2v) is 7.40. The van der Waals surface area contributed by atoms with E-state index in [2.05, 4.69) is 23.2 Å². The van der Waals surface area contributed by atoms with Gasteiger partial charge in [0.05, 0.1) is 7.11 Å². The van der Waals surface area contributed by atoms with Crippen LogP contribution in [-0.4, -0.2) is 37.7 Å². The van der Waals surface area contributed by atoms with Crippen LogP contribution in [0.2, 0.25) is 5.02 Å². The van der Waals surface area contributed by atoms with Crippen molar-refractivity contribution in [3.05, 3.63) is 58.6 Å². The van der Waals surface area contributed by atoms with Crippen LogP contribution in [0.15, 0.2) is 42.5 Å². The summed E-state index contributed by atoms with van der Waals surface area (Å²) in [5, 5.41) is 4.31. The van der Waals surface area contributed by atoms with E-state index < -0.39 is 0 Å². The second-order valence-electron chi connectivity index (χ2n) is 6.96.